The molecule has 0 radical (unpaired) electrons. The number of fused-ring (bicyclic) bond motifs is 1. The minimum Gasteiger partial charge on any atom is -0.267 e. The molecule has 0 atom stereocenters. The number of hydrogen-bond donors (Lipinski definition) is 1. The van der Waals surface area contributed by atoms with E-state index in [2.05, 4.69) is 28.6 Å². The highest BCUT2D eigenvalue weighted by Gasteiger charge is 2.17. The van der Waals surface area contributed by atoms with Crippen LogP contribution >= 0.6 is 0 Å². The highest BCUT2D eigenvalue weighted by molar-refractivity contribution is 6.05. The van der Waals surface area contributed by atoms with Crippen LogP contribution in [0.3, 0.4) is 0 Å². The first kappa shape index (κ1) is 20.2. The largest absolute Gasteiger partial charge is 0.292 e. The van der Waals surface area contributed by atoms with Crippen molar-refractivity contribution in [3.63, 3.8) is 0 Å². The van der Waals surface area contributed by atoms with E-state index in [0.717, 1.165) is 16.7 Å². The van der Waals surface area contributed by atoms with Crippen LogP contribution in [0.4, 0.5) is 0 Å². The van der Waals surface area contributed by atoms with Gasteiger partial charge in [0.1, 0.15) is 0 Å². The van der Waals surface area contributed by atoms with Crippen molar-refractivity contribution in [2.24, 2.45) is 5.10 Å². The molecule has 3 aromatic carbocycles. The normalized spacial score (nSPS) is 11.2. The van der Waals surface area contributed by atoms with Crippen LogP contribution in [0, 0.1) is 20.8 Å². The summed E-state index contributed by atoms with van der Waals surface area (Å²) < 4.78 is 1.24. The Labute approximate surface area is 179 Å². The molecule has 31 heavy (non-hydrogen) atoms. The molecule has 1 aromatic heterocycles. The van der Waals surface area contributed by atoms with E-state index in [9.17, 15) is 9.59 Å². The Balaban J connectivity index is 1.72. The summed E-state index contributed by atoms with van der Waals surface area (Å²) >= 11 is 0. The molecule has 0 saturated carbocycles. The maximum atomic E-state index is 12.9. The third-order valence-corrected chi connectivity index (χ3v) is 5.27. The molecule has 154 valence electrons. The summed E-state index contributed by atoms with van der Waals surface area (Å²) in [6.45, 7) is 6.09. The molecule has 4 rings (SSSR count). The zero-order valence-corrected chi connectivity index (χ0v) is 17.6. The van der Waals surface area contributed by atoms with Gasteiger partial charge in [0.05, 0.1) is 17.3 Å². The summed E-state index contributed by atoms with van der Waals surface area (Å²) in [5.74, 6) is -0.487. The molecule has 0 aliphatic heterocycles. The Morgan fingerprint density at radius 1 is 0.903 bits per heavy atom. The van der Waals surface area contributed by atoms with Crippen LogP contribution in [-0.4, -0.2) is 21.9 Å². The Morgan fingerprint density at radius 2 is 1.55 bits per heavy atom. The fourth-order valence-corrected chi connectivity index (χ4v) is 3.44. The van der Waals surface area contributed by atoms with Crippen molar-refractivity contribution in [2.75, 3.05) is 0 Å². The van der Waals surface area contributed by atoms with E-state index in [0.29, 0.717) is 16.5 Å². The molecule has 0 unspecified atom stereocenters. The van der Waals surface area contributed by atoms with Gasteiger partial charge in [0.2, 0.25) is 0 Å². The van der Waals surface area contributed by atoms with Gasteiger partial charge in [-0.2, -0.15) is 14.9 Å². The lowest BCUT2D eigenvalue weighted by molar-refractivity contribution is 0.0950. The number of aryl methyl sites for hydroxylation is 3. The standard InChI is InChI=1S/C25H22N4O2/c1-16-13-18(3)19(14-17(16)2)15-26-27-24(30)23-21-11-7-8-12-22(21)25(31)29(28-23)20-9-5-4-6-10-20/h4-15H,1-3H3,(H,27,30)/b26-15-. The zero-order valence-electron chi connectivity index (χ0n) is 17.6. The van der Waals surface area contributed by atoms with Gasteiger partial charge in [0, 0.05) is 5.39 Å². The summed E-state index contributed by atoms with van der Waals surface area (Å²) in [4.78, 5) is 25.9. The van der Waals surface area contributed by atoms with E-state index >= 15 is 0 Å². The van der Waals surface area contributed by atoms with Crippen LogP contribution in [0.25, 0.3) is 16.5 Å². The number of hydrogen-bond acceptors (Lipinski definition) is 4. The monoisotopic (exact) mass is 410 g/mol. The minimum atomic E-state index is -0.487. The smallest absolute Gasteiger partial charge is 0.267 e. The van der Waals surface area contributed by atoms with E-state index in [1.54, 1.807) is 42.6 Å². The molecule has 1 heterocycles. The first-order valence-corrected chi connectivity index (χ1v) is 9.94. The molecular formula is C25H22N4O2. The molecule has 0 fully saturated rings. The number of para-hydroxylation sites is 1. The van der Waals surface area contributed by atoms with Crippen LogP contribution in [0.5, 0.6) is 0 Å². The number of carbonyl (C=O) groups excluding carboxylic acids is 1. The van der Waals surface area contributed by atoms with Gasteiger partial charge in [-0.25, -0.2) is 5.43 Å². The van der Waals surface area contributed by atoms with Crippen LogP contribution in [-0.2, 0) is 0 Å². The second-order valence-corrected chi connectivity index (χ2v) is 7.44. The molecule has 1 amide bonds. The lowest BCUT2D eigenvalue weighted by atomic mass is 10.0. The van der Waals surface area contributed by atoms with E-state index in [1.807, 2.05) is 38.1 Å². The van der Waals surface area contributed by atoms with Crippen molar-refractivity contribution in [1.29, 1.82) is 0 Å². The zero-order chi connectivity index (χ0) is 22.0. The van der Waals surface area contributed by atoms with Crippen LogP contribution in [0.2, 0.25) is 0 Å². The van der Waals surface area contributed by atoms with Crippen molar-refractivity contribution < 1.29 is 4.79 Å². The first-order valence-electron chi connectivity index (χ1n) is 9.94. The van der Waals surface area contributed by atoms with Crippen molar-refractivity contribution in [3.8, 4) is 5.69 Å². The minimum absolute atomic E-state index is 0.132. The Hall–Kier alpha value is -4.06. The van der Waals surface area contributed by atoms with Gasteiger partial charge in [0.15, 0.2) is 5.69 Å². The number of nitrogens with zero attached hydrogens (tertiary/aromatic N) is 3. The number of amides is 1. The van der Waals surface area contributed by atoms with Crippen molar-refractivity contribution in [2.45, 2.75) is 20.8 Å². The lowest BCUT2D eigenvalue weighted by Crippen LogP contribution is -2.28. The molecule has 1 N–H and O–H groups in total. The lowest BCUT2D eigenvalue weighted by Gasteiger charge is -2.10. The second kappa shape index (κ2) is 8.36. The second-order valence-electron chi connectivity index (χ2n) is 7.44. The summed E-state index contributed by atoms with van der Waals surface area (Å²) in [6, 6.07) is 20.1. The van der Waals surface area contributed by atoms with Gasteiger partial charge in [0.25, 0.3) is 11.5 Å². The molecule has 4 aromatic rings. The van der Waals surface area contributed by atoms with Crippen LogP contribution < -0.4 is 11.0 Å². The van der Waals surface area contributed by atoms with Crippen molar-refractivity contribution in [3.05, 3.63) is 105 Å². The van der Waals surface area contributed by atoms with E-state index in [1.165, 1.54) is 10.2 Å². The van der Waals surface area contributed by atoms with Gasteiger partial charge in [-0.1, -0.05) is 42.5 Å². The van der Waals surface area contributed by atoms with Crippen LogP contribution in [0.1, 0.15) is 32.7 Å². The highest BCUT2D eigenvalue weighted by atomic mass is 16.2. The number of hydrazone groups is 1. The highest BCUT2D eigenvalue weighted by Crippen LogP contribution is 2.16. The third-order valence-electron chi connectivity index (χ3n) is 5.27. The molecule has 6 heteroatoms. The molecule has 0 saturated heterocycles. The molecule has 6 nitrogen and oxygen atoms in total. The van der Waals surface area contributed by atoms with E-state index < -0.39 is 5.91 Å². The van der Waals surface area contributed by atoms with Crippen molar-refractivity contribution in [1.82, 2.24) is 15.2 Å². The molecule has 0 spiro atoms. The number of nitrogens with one attached hydrogen (secondary N) is 1. The maximum absolute atomic E-state index is 12.9. The van der Waals surface area contributed by atoms with Gasteiger partial charge >= 0.3 is 0 Å². The molecular weight excluding hydrogens is 388 g/mol. The van der Waals surface area contributed by atoms with Gasteiger partial charge in [-0.15, -0.1) is 0 Å². The van der Waals surface area contributed by atoms with E-state index in [4.69, 9.17) is 0 Å². The summed E-state index contributed by atoms with van der Waals surface area (Å²) in [7, 11) is 0. The fraction of sp³-hybridized carbons (Fsp3) is 0.120. The van der Waals surface area contributed by atoms with Gasteiger partial charge in [-0.05, 0) is 67.3 Å². The Kier molecular flexibility index (Phi) is 5.45. The quantitative estimate of drug-likeness (QED) is 0.407. The average Bonchev–Trinajstić information content (AvgIpc) is 2.78. The number of aromatic nitrogens is 2. The Bertz CT molecular complexity index is 1370. The molecule has 0 aliphatic rings. The molecule has 0 aliphatic carbocycles. The Morgan fingerprint density at radius 3 is 2.29 bits per heavy atom. The topological polar surface area (TPSA) is 76.3 Å². The number of benzene rings is 3. The average molecular weight is 410 g/mol. The third kappa shape index (κ3) is 4.00. The van der Waals surface area contributed by atoms with Gasteiger partial charge < -0.3 is 0 Å². The first-order chi connectivity index (χ1) is 15.0. The fourth-order valence-electron chi connectivity index (χ4n) is 3.44. The predicted octanol–water partition coefficient (Wildman–Crippen LogP) is 4.07. The number of rotatable bonds is 4. The number of carbonyl (C=O) groups is 1. The van der Waals surface area contributed by atoms with Crippen LogP contribution in [0.15, 0.2) is 76.6 Å². The van der Waals surface area contributed by atoms with Gasteiger partial charge in [-0.3, -0.25) is 9.59 Å². The summed E-state index contributed by atoms with van der Waals surface area (Å²) in [5.41, 5.74) is 7.34. The SMILES string of the molecule is Cc1cc(C)c(/C=N\NC(=O)c2nn(-c3ccccc3)c(=O)c3ccccc23)cc1C. The molecule has 0 bridgehead atoms. The van der Waals surface area contributed by atoms with E-state index in [-0.39, 0.29) is 11.3 Å². The maximum Gasteiger partial charge on any atom is 0.292 e. The summed E-state index contributed by atoms with van der Waals surface area (Å²) in [6.07, 6.45) is 1.62. The van der Waals surface area contributed by atoms with Crippen molar-refractivity contribution >= 4 is 22.9 Å². The summed E-state index contributed by atoms with van der Waals surface area (Å²) in [5, 5.41) is 9.39. The predicted molar refractivity (Wildman–Crippen MR) is 123 cm³/mol.